The lowest BCUT2D eigenvalue weighted by Crippen LogP contribution is -2.35. The first kappa shape index (κ1) is 13.0. The summed E-state index contributed by atoms with van der Waals surface area (Å²) in [5.41, 5.74) is 2.32. The van der Waals surface area contributed by atoms with Crippen LogP contribution in [0.3, 0.4) is 0 Å². The molecule has 2 heterocycles. The molecule has 1 aliphatic heterocycles. The van der Waals surface area contributed by atoms with Gasteiger partial charge in [0.1, 0.15) is 0 Å². The molecule has 1 aliphatic rings. The molecule has 2 rings (SSSR count). The van der Waals surface area contributed by atoms with Crippen molar-refractivity contribution in [1.29, 1.82) is 0 Å². The van der Waals surface area contributed by atoms with Crippen molar-refractivity contribution in [2.24, 2.45) is 5.92 Å². The molecule has 0 amide bonds. The van der Waals surface area contributed by atoms with E-state index in [2.05, 4.69) is 57.9 Å². The van der Waals surface area contributed by atoms with E-state index in [1.165, 1.54) is 31.6 Å². The van der Waals surface area contributed by atoms with E-state index in [4.69, 9.17) is 0 Å². The van der Waals surface area contributed by atoms with Gasteiger partial charge in [-0.3, -0.25) is 9.88 Å². The van der Waals surface area contributed by atoms with Crippen molar-refractivity contribution in [1.82, 2.24) is 9.88 Å². The van der Waals surface area contributed by atoms with E-state index in [0.717, 1.165) is 18.2 Å². The number of hydrogen-bond donors (Lipinski definition) is 0. The predicted molar refractivity (Wildman–Crippen MR) is 75.4 cm³/mol. The van der Waals surface area contributed by atoms with E-state index >= 15 is 0 Å². The quantitative estimate of drug-likeness (QED) is 0.795. The van der Waals surface area contributed by atoms with Crippen molar-refractivity contribution < 1.29 is 0 Å². The molecular weight excluding hydrogens is 276 g/mol. The molecule has 0 N–H and O–H groups in total. The molecule has 1 aromatic heterocycles. The van der Waals surface area contributed by atoms with E-state index in [1.54, 1.807) is 0 Å². The largest absolute Gasteiger partial charge is 0.297 e. The molecule has 0 bridgehead atoms. The van der Waals surface area contributed by atoms with Crippen LogP contribution >= 0.6 is 15.9 Å². The highest BCUT2D eigenvalue weighted by Gasteiger charge is 2.22. The van der Waals surface area contributed by atoms with Gasteiger partial charge in [0.25, 0.3) is 0 Å². The third kappa shape index (κ3) is 3.78. The van der Waals surface area contributed by atoms with Gasteiger partial charge in [0.2, 0.25) is 0 Å². The van der Waals surface area contributed by atoms with E-state index < -0.39 is 0 Å². The summed E-state index contributed by atoms with van der Waals surface area (Å²) in [5, 5.41) is 0. The standard InChI is InChI=1S/C14H21BrN2/c1-11-4-3-5-14(16-11)10-17-8-6-13(7-9-17)12(2)15/h3-5,12-13H,6-10H2,1-2H3. The summed E-state index contributed by atoms with van der Waals surface area (Å²) in [7, 11) is 0. The molecule has 1 unspecified atom stereocenters. The normalized spacial score (nSPS) is 20.4. The number of hydrogen-bond acceptors (Lipinski definition) is 2. The van der Waals surface area contributed by atoms with Gasteiger partial charge in [-0.05, 0) is 50.9 Å². The number of pyridine rings is 1. The lowest BCUT2D eigenvalue weighted by Gasteiger charge is -2.33. The highest BCUT2D eigenvalue weighted by atomic mass is 79.9. The molecule has 1 atom stereocenters. The van der Waals surface area contributed by atoms with Gasteiger partial charge in [0.05, 0.1) is 5.69 Å². The maximum absolute atomic E-state index is 4.57. The second kappa shape index (κ2) is 5.96. The highest BCUT2D eigenvalue weighted by molar-refractivity contribution is 9.09. The Balaban J connectivity index is 1.86. The molecule has 94 valence electrons. The second-order valence-corrected chi connectivity index (χ2v) is 6.51. The summed E-state index contributed by atoms with van der Waals surface area (Å²) in [6.45, 7) is 7.74. The third-order valence-electron chi connectivity index (χ3n) is 3.61. The Morgan fingerprint density at radius 3 is 2.71 bits per heavy atom. The Morgan fingerprint density at radius 1 is 1.41 bits per heavy atom. The smallest absolute Gasteiger partial charge is 0.0547 e. The minimum Gasteiger partial charge on any atom is -0.297 e. The minimum atomic E-state index is 0.654. The molecule has 3 heteroatoms. The topological polar surface area (TPSA) is 16.1 Å². The fourth-order valence-electron chi connectivity index (χ4n) is 2.49. The number of alkyl halides is 1. The molecule has 0 spiro atoms. The Morgan fingerprint density at radius 2 is 2.12 bits per heavy atom. The Kier molecular flexibility index (Phi) is 4.57. The number of piperidine rings is 1. The monoisotopic (exact) mass is 296 g/mol. The first-order valence-corrected chi connectivity index (χ1v) is 7.35. The second-order valence-electron chi connectivity index (χ2n) is 5.06. The molecule has 17 heavy (non-hydrogen) atoms. The van der Waals surface area contributed by atoms with Crippen molar-refractivity contribution in [3.8, 4) is 0 Å². The molecule has 1 aromatic rings. The number of aromatic nitrogens is 1. The van der Waals surface area contributed by atoms with Crippen LogP contribution in [0.2, 0.25) is 0 Å². The summed E-state index contributed by atoms with van der Waals surface area (Å²) in [4.78, 5) is 7.75. The van der Waals surface area contributed by atoms with Crippen molar-refractivity contribution >= 4 is 15.9 Å². The molecule has 2 nitrogen and oxygen atoms in total. The van der Waals surface area contributed by atoms with Gasteiger partial charge in [-0.25, -0.2) is 0 Å². The van der Waals surface area contributed by atoms with Gasteiger partial charge in [-0.15, -0.1) is 0 Å². The van der Waals surface area contributed by atoms with Crippen molar-refractivity contribution in [3.63, 3.8) is 0 Å². The Hall–Kier alpha value is -0.410. The fourth-order valence-corrected chi connectivity index (χ4v) is 3.02. The van der Waals surface area contributed by atoms with Crippen molar-refractivity contribution in [2.45, 2.75) is 38.1 Å². The Bertz CT molecular complexity index is 357. The minimum absolute atomic E-state index is 0.654. The van der Waals surface area contributed by atoms with Crippen LogP contribution in [0.5, 0.6) is 0 Å². The maximum atomic E-state index is 4.57. The van der Waals surface area contributed by atoms with E-state index in [0.29, 0.717) is 4.83 Å². The van der Waals surface area contributed by atoms with Crippen LogP contribution < -0.4 is 0 Å². The van der Waals surface area contributed by atoms with E-state index in [-0.39, 0.29) is 0 Å². The zero-order valence-corrected chi connectivity index (χ0v) is 12.3. The van der Waals surface area contributed by atoms with E-state index in [1.807, 2.05) is 0 Å². The summed E-state index contributed by atoms with van der Waals surface area (Å²) in [6.07, 6.45) is 2.61. The number of likely N-dealkylation sites (tertiary alicyclic amines) is 1. The first-order chi connectivity index (χ1) is 8.15. The third-order valence-corrected chi connectivity index (χ3v) is 4.36. The molecule has 0 radical (unpaired) electrons. The van der Waals surface area contributed by atoms with Crippen LogP contribution in [0.15, 0.2) is 18.2 Å². The van der Waals surface area contributed by atoms with Gasteiger partial charge in [0.15, 0.2) is 0 Å². The zero-order valence-electron chi connectivity index (χ0n) is 10.7. The van der Waals surface area contributed by atoms with Crippen molar-refractivity contribution in [2.75, 3.05) is 13.1 Å². The van der Waals surface area contributed by atoms with E-state index in [9.17, 15) is 0 Å². The number of rotatable bonds is 3. The van der Waals surface area contributed by atoms with Crippen LogP contribution in [0, 0.1) is 12.8 Å². The summed E-state index contributed by atoms with van der Waals surface area (Å²) in [6, 6.07) is 6.29. The van der Waals surface area contributed by atoms with Crippen LogP contribution in [-0.2, 0) is 6.54 Å². The fraction of sp³-hybridized carbons (Fsp3) is 0.643. The average molecular weight is 297 g/mol. The van der Waals surface area contributed by atoms with Gasteiger partial charge >= 0.3 is 0 Å². The van der Waals surface area contributed by atoms with Gasteiger partial charge in [-0.2, -0.15) is 0 Å². The number of nitrogens with zero attached hydrogens (tertiary/aromatic N) is 2. The van der Waals surface area contributed by atoms with Crippen LogP contribution in [0.4, 0.5) is 0 Å². The SMILES string of the molecule is Cc1cccc(CN2CCC(C(C)Br)CC2)n1. The molecule has 0 saturated carbocycles. The lowest BCUT2D eigenvalue weighted by atomic mass is 9.94. The van der Waals surface area contributed by atoms with Gasteiger partial charge in [-0.1, -0.05) is 28.9 Å². The van der Waals surface area contributed by atoms with Gasteiger partial charge < -0.3 is 0 Å². The number of halogens is 1. The van der Waals surface area contributed by atoms with Crippen molar-refractivity contribution in [3.05, 3.63) is 29.6 Å². The summed E-state index contributed by atoms with van der Waals surface area (Å²) in [5.74, 6) is 0.844. The van der Waals surface area contributed by atoms with Crippen LogP contribution in [-0.4, -0.2) is 27.8 Å². The molecule has 1 saturated heterocycles. The maximum Gasteiger partial charge on any atom is 0.0547 e. The zero-order chi connectivity index (χ0) is 12.3. The highest BCUT2D eigenvalue weighted by Crippen LogP contribution is 2.25. The van der Waals surface area contributed by atoms with Crippen LogP contribution in [0.1, 0.15) is 31.2 Å². The molecule has 1 fully saturated rings. The first-order valence-electron chi connectivity index (χ1n) is 6.44. The number of aryl methyl sites for hydroxylation is 1. The molecule has 0 aliphatic carbocycles. The summed E-state index contributed by atoms with van der Waals surface area (Å²) < 4.78 is 0. The molecular formula is C14H21BrN2. The Labute approximate surface area is 113 Å². The van der Waals surface area contributed by atoms with Crippen LogP contribution in [0.25, 0.3) is 0 Å². The summed E-state index contributed by atoms with van der Waals surface area (Å²) >= 11 is 3.70. The predicted octanol–water partition coefficient (Wildman–Crippen LogP) is 3.39. The molecule has 0 aromatic carbocycles. The average Bonchev–Trinajstić information content (AvgIpc) is 2.29. The van der Waals surface area contributed by atoms with Gasteiger partial charge in [0, 0.05) is 17.1 Å². The lowest BCUT2D eigenvalue weighted by molar-refractivity contribution is 0.176.